The van der Waals surface area contributed by atoms with Gasteiger partial charge in [-0.2, -0.15) is 47.4 Å². The van der Waals surface area contributed by atoms with Crippen LogP contribution in [0.3, 0.4) is 0 Å². The van der Waals surface area contributed by atoms with E-state index in [1.807, 2.05) is 177 Å². The molecule has 15 rings (SSSR count). The molecule has 13 heteroatoms. The highest BCUT2D eigenvalue weighted by Crippen LogP contribution is 2.49. The minimum absolute atomic E-state index is 0.305. The van der Waals surface area contributed by atoms with Crippen molar-refractivity contribution in [2.24, 2.45) is 5.41 Å². The molecule has 1 aliphatic carbocycles. The van der Waals surface area contributed by atoms with Crippen LogP contribution in [0, 0.1) is 107 Å². The first-order valence-corrected chi connectivity index (χ1v) is 31.4. The molecule has 0 saturated carbocycles. The second-order valence-corrected chi connectivity index (χ2v) is 24.3. The van der Waals surface area contributed by atoms with Gasteiger partial charge in [0.25, 0.3) is 0 Å². The maximum atomic E-state index is 11.9. The minimum atomic E-state index is -0.886. The summed E-state index contributed by atoms with van der Waals surface area (Å²) in [6, 6.07) is 93.2. The molecule has 454 valence electrons. The Labute approximate surface area is 568 Å². The predicted molar refractivity (Wildman–Crippen MR) is 382 cm³/mol. The molecule has 0 spiro atoms. The highest BCUT2D eigenvalue weighted by Gasteiger charge is 2.30. The molecule has 11 aromatic carbocycles. The first-order valence-electron chi connectivity index (χ1n) is 31.4. The van der Waals surface area contributed by atoms with Gasteiger partial charge in [0.15, 0.2) is 5.82 Å². The molecule has 1 atom stereocenters. The van der Waals surface area contributed by atoms with Crippen LogP contribution in [0.4, 0.5) is 0 Å². The van der Waals surface area contributed by atoms with Gasteiger partial charge in [0.2, 0.25) is 0 Å². The number of allylic oxidation sites excluding steroid dienone is 4. The maximum Gasteiger partial charge on any atom is 0.161 e. The standard InChI is InChI=1S/C86H45N13/c1-86(51-95)33-32-69(65(42-86)50-94)60-24-31-80-74(40-60)73-39-59(68-27-20-54(45-89)36-64(68)49-93)23-30-79(73)99(80)82-17-9-15-70(85-96-75(55-10-4-2-5-11-55)41-76(97-85)56-12-6-3-7-13-56)84(82)83-61(46-90)14-8-16-81(83)98-77-28-21-57(66-25-18-52(43-87)34-62(66)47-91)37-71(77)72-38-58(22-29-78(72)98)67-26-19-53(44-88)35-63(67)48-92/h2-32,34-42H,33H2,1H3. The van der Waals surface area contributed by atoms with E-state index in [1.54, 1.807) is 66.7 Å². The number of hydrogen-bond acceptors (Lipinski definition) is 11. The van der Waals surface area contributed by atoms with Crippen LogP contribution in [0.15, 0.2) is 248 Å². The molecule has 13 nitrogen and oxygen atoms in total. The number of benzene rings is 11. The van der Waals surface area contributed by atoms with Crippen LogP contribution in [0.1, 0.15) is 57.9 Å². The fourth-order valence-electron chi connectivity index (χ4n) is 13.8. The van der Waals surface area contributed by atoms with Gasteiger partial charge in [0, 0.05) is 49.4 Å². The first-order chi connectivity index (χ1) is 48.5. The molecule has 0 radical (unpaired) electrons. The maximum absolute atomic E-state index is 11.9. The number of nitriles is 9. The van der Waals surface area contributed by atoms with E-state index in [1.165, 1.54) is 0 Å². The van der Waals surface area contributed by atoms with Gasteiger partial charge < -0.3 is 9.13 Å². The average Bonchev–Trinajstić information content (AvgIpc) is 1.58. The highest BCUT2D eigenvalue weighted by molar-refractivity contribution is 6.15. The van der Waals surface area contributed by atoms with E-state index in [0.717, 1.165) is 60.3 Å². The molecular weight excluding hydrogens is 1220 g/mol. The van der Waals surface area contributed by atoms with Crippen molar-refractivity contribution in [3.63, 3.8) is 0 Å². The molecule has 1 unspecified atom stereocenters. The zero-order valence-corrected chi connectivity index (χ0v) is 52.6. The normalized spacial score (nSPS) is 13.1. The van der Waals surface area contributed by atoms with Crippen molar-refractivity contribution in [3.05, 3.63) is 293 Å². The lowest BCUT2D eigenvalue weighted by atomic mass is 9.78. The summed E-state index contributed by atoms with van der Waals surface area (Å²) in [6.45, 7) is 1.81. The van der Waals surface area contributed by atoms with Gasteiger partial charge in [-0.25, -0.2) is 9.97 Å². The number of rotatable bonds is 10. The van der Waals surface area contributed by atoms with E-state index in [9.17, 15) is 47.4 Å². The molecule has 14 aromatic rings. The van der Waals surface area contributed by atoms with Crippen molar-refractivity contribution in [1.29, 1.82) is 47.4 Å². The van der Waals surface area contributed by atoms with E-state index < -0.39 is 5.41 Å². The summed E-state index contributed by atoms with van der Waals surface area (Å²) in [5, 5.41) is 97.3. The third-order valence-corrected chi connectivity index (χ3v) is 18.5. The van der Waals surface area contributed by atoms with Crippen molar-refractivity contribution >= 4 is 49.2 Å². The summed E-state index contributed by atoms with van der Waals surface area (Å²) in [4.78, 5) is 11.0. The number of hydrogen-bond donors (Lipinski definition) is 0. The Balaban J connectivity index is 1.07. The van der Waals surface area contributed by atoms with Crippen molar-refractivity contribution in [2.75, 3.05) is 0 Å². The molecule has 3 heterocycles. The van der Waals surface area contributed by atoms with Crippen LogP contribution in [0.5, 0.6) is 0 Å². The van der Waals surface area contributed by atoms with Gasteiger partial charge in [-0.1, -0.05) is 127 Å². The molecule has 3 aromatic heterocycles. The Morgan fingerprint density at radius 3 is 1.17 bits per heavy atom. The molecular formula is C86H45N13. The number of fused-ring (bicyclic) bond motifs is 6. The number of aromatic nitrogens is 4. The van der Waals surface area contributed by atoms with Crippen LogP contribution < -0.4 is 0 Å². The summed E-state index contributed by atoms with van der Waals surface area (Å²) in [6.07, 6.45) is 4.06. The van der Waals surface area contributed by atoms with Crippen LogP contribution >= 0.6 is 0 Å². The summed E-state index contributed by atoms with van der Waals surface area (Å²) in [7, 11) is 0. The van der Waals surface area contributed by atoms with Gasteiger partial charge in [-0.05, 0) is 173 Å². The molecule has 0 fully saturated rings. The predicted octanol–water partition coefficient (Wildman–Crippen LogP) is 19.2. The van der Waals surface area contributed by atoms with Crippen LogP contribution in [0.2, 0.25) is 0 Å². The third kappa shape index (κ3) is 10.3. The first kappa shape index (κ1) is 60.2. The van der Waals surface area contributed by atoms with Gasteiger partial charge in [0.05, 0.1) is 149 Å². The van der Waals surface area contributed by atoms with Crippen LogP contribution in [-0.2, 0) is 0 Å². The SMILES string of the molecule is CC1(C#N)C=C(C#N)C(c2ccc3c(c2)c2cc(-c4ccc(C#N)cc4C#N)ccc2n3-c2cccc(-c3nc(-c4ccccc4)cc(-c4ccccc4)n3)c2-c2c(C#N)cccc2-n2c3ccc(-c4ccc(C#N)cc4C#N)cc3c3cc(-c4ccc(C#N)cc4C#N)ccc32)=CC1. The summed E-state index contributed by atoms with van der Waals surface area (Å²) in [5.74, 6) is 0.355. The van der Waals surface area contributed by atoms with E-state index in [0.29, 0.717) is 135 Å². The van der Waals surface area contributed by atoms with Crippen molar-refractivity contribution < 1.29 is 0 Å². The van der Waals surface area contributed by atoms with Crippen molar-refractivity contribution in [1.82, 2.24) is 19.1 Å². The third-order valence-electron chi connectivity index (χ3n) is 18.5. The number of nitrogens with zero attached hydrogens (tertiary/aromatic N) is 13. The van der Waals surface area contributed by atoms with Crippen molar-refractivity contribution in [2.45, 2.75) is 13.3 Å². The van der Waals surface area contributed by atoms with Gasteiger partial charge in [-0.3, -0.25) is 0 Å². The largest absolute Gasteiger partial charge is 0.309 e. The Morgan fingerprint density at radius 2 is 0.758 bits per heavy atom. The Kier molecular flexibility index (Phi) is 14.9. The zero-order valence-electron chi connectivity index (χ0n) is 52.6. The molecule has 0 amide bonds. The summed E-state index contributed by atoms with van der Waals surface area (Å²) >= 11 is 0. The quantitative estimate of drug-likeness (QED) is 0.124. The topological polar surface area (TPSA) is 250 Å². The van der Waals surface area contributed by atoms with E-state index in [-0.39, 0.29) is 0 Å². The fourth-order valence-corrected chi connectivity index (χ4v) is 13.8. The molecule has 0 aliphatic heterocycles. The fraction of sp³-hybridized carbons (Fsp3) is 0.0349. The molecule has 0 saturated heterocycles. The lowest BCUT2D eigenvalue weighted by molar-refractivity contribution is 0.572. The van der Waals surface area contributed by atoms with E-state index >= 15 is 0 Å². The smallest absolute Gasteiger partial charge is 0.161 e. The Bertz CT molecular complexity index is 6150. The molecule has 0 N–H and O–H groups in total. The Hall–Kier alpha value is -15.0. The monoisotopic (exact) mass is 1260 g/mol. The van der Waals surface area contributed by atoms with Crippen LogP contribution in [0.25, 0.3) is 139 Å². The average molecular weight is 1260 g/mol. The lowest BCUT2D eigenvalue weighted by Crippen LogP contribution is -2.14. The molecule has 1 aliphatic rings. The summed E-state index contributed by atoms with van der Waals surface area (Å²) in [5.41, 5.74) is 15.9. The lowest BCUT2D eigenvalue weighted by Gasteiger charge is -2.23. The highest BCUT2D eigenvalue weighted by atomic mass is 15.0. The van der Waals surface area contributed by atoms with Gasteiger partial charge in [0.1, 0.15) is 0 Å². The van der Waals surface area contributed by atoms with E-state index in [2.05, 4.69) is 69.8 Å². The Morgan fingerprint density at radius 1 is 0.343 bits per heavy atom. The second-order valence-electron chi connectivity index (χ2n) is 24.3. The molecule has 0 bridgehead atoms. The summed E-state index contributed by atoms with van der Waals surface area (Å²) < 4.78 is 4.30. The van der Waals surface area contributed by atoms with Gasteiger partial charge >= 0.3 is 0 Å². The minimum Gasteiger partial charge on any atom is -0.309 e. The van der Waals surface area contributed by atoms with Crippen molar-refractivity contribution in [3.8, 4) is 144 Å². The zero-order chi connectivity index (χ0) is 68.1. The van der Waals surface area contributed by atoms with Gasteiger partial charge in [-0.15, -0.1) is 0 Å². The van der Waals surface area contributed by atoms with E-state index in [4.69, 9.17) is 9.97 Å². The molecule has 99 heavy (non-hydrogen) atoms. The second kappa shape index (κ2) is 24.5. The van der Waals surface area contributed by atoms with Crippen LogP contribution in [-0.4, -0.2) is 19.1 Å².